The van der Waals surface area contributed by atoms with Gasteiger partial charge >= 0.3 is 0 Å². The third kappa shape index (κ3) is 4.03. The van der Waals surface area contributed by atoms with E-state index in [9.17, 15) is 14.0 Å². The fourth-order valence-corrected chi connectivity index (χ4v) is 3.30. The fraction of sp³-hybridized carbons (Fsp3) is 0.526. The minimum absolute atomic E-state index is 0.0344. The summed E-state index contributed by atoms with van der Waals surface area (Å²) in [5.74, 6) is 0.157. The van der Waals surface area contributed by atoms with Gasteiger partial charge in [0.05, 0.1) is 17.0 Å². The van der Waals surface area contributed by atoms with Gasteiger partial charge in [-0.15, -0.1) is 0 Å². The van der Waals surface area contributed by atoms with E-state index in [0.29, 0.717) is 25.0 Å². The predicted octanol–water partition coefficient (Wildman–Crippen LogP) is 2.40. The number of nitrogens with one attached hydrogen (secondary N) is 2. The topological polar surface area (TPSA) is 78.1 Å². The van der Waals surface area contributed by atoms with Crippen LogP contribution < -0.4 is 5.32 Å². The van der Waals surface area contributed by atoms with Crippen molar-refractivity contribution in [1.82, 2.24) is 20.2 Å². The van der Waals surface area contributed by atoms with E-state index in [1.807, 2.05) is 20.8 Å². The highest BCUT2D eigenvalue weighted by atomic mass is 19.1. The predicted molar refractivity (Wildman–Crippen MR) is 97.0 cm³/mol. The number of amides is 2. The lowest BCUT2D eigenvalue weighted by atomic mass is 10.1. The summed E-state index contributed by atoms with van der Waals surface area (Å²) in [6.07, 6.45) is 1.66. The summed E-state index contributed by atoms with van der Waals surface area (Å²) in [5.41, 5.74) is 1.15. The van der Waals surface area contributed by atoms with Crippen molar-refractivity contribution in [3.8, 4) is 0 Å². The van der Waals surface area contributed by atoms with Crippen LogP contribution in [-0.4, -0.2) is 45.3 Å². The van der Waals surface area contributed by atoms with E-state index >= 15 is 0 Å². The van der Waals surface area contributed by atoms with Gasteiger partial charge in [0.15, 0.2) is 0 Å². The number of carbonyl (C=O) groups is 2. The molecule has 2 aromatic rings. The number of likely N-dealkylation sites (tertiary alicyclic amines) is 1. The van der Waals surface area contributed by atoms with Gasteiger partial charge in [0.25, 0.3) is 0 Å². The minimum atomic E-state index is -0.296. The first kappa shape index (κ1) is 18.4. The van der Waals surface area contributed by atoms with Gasteiger partial charge in [0.1, 0.15) is 11.6 Å². The maximum atomic E-state index is 13.2. The summed E-state index contributed by atoms with van der Waals surface area (Å²) in [6.45, 7) is 6.92. The number of rotatable bonds is 5. The molecule has 0 aliphatic carbocycles. The Labute approximate surface area is 152 Å². The number of carbonyl (C=O) groups excluding carboxylic acids is 2. The number of aryl methyl sites for hydroxylation is 1. The Bertz CT molecular complexity index is 825. The summed E-state index contributed by atoms with van der Waals surface area (Å²) in [7, 11) is 0. The van der Waals surface area contributed by atoms with Crippen LogP contribution >= 0.6 is 0 Å². The SMILES string of the molecule is CC(C)(C)N1C[C@@H](C(=O)NCCCc2nc3ccc(F)cc3[nH]2)CC1=O. The molecule has 2 amide bonds. The largest absolute Gasteiger partial charge is 0.356 e. The number of hydrogen-bond donors (Lipinski definition) is 2. The van der Waals surface area contributed by atoms with Crippen molar-refractivity contribution in [3.05, 3.63) is 29.8 Å². The third-order valence-corrected chi connectivity index (χ3v) is 4.69. The van der Waals surface area contributed by atoms with Crippen LogP contribution in [0.15, 0.2) is 18.2 Å². The van der Waals surface area contributed by atoms with Gasteiger partial charge < -0.3 is 15.2 Å². The van der Waals surface area contributed by atoms with Crippen molar-refractivity contribution in [3.63, 3.8) is 0 Å². The normalized spacial score (nSPS) is 17.9. The molecule has 1 aliphatic heterocycles. The summed E-state index contributed by atoms with van der Waals surface area (Å²) in [4.78, 5) is 33.6. The molecule has 7 heteroatoms. The van der Waals surface area contributed by atoms with E-state index in [0.717, 1.165) is 17.8 Å². The van der Waals surface area contributed by atoms with E-state index in [1.54, 1.807) is 11.0 Å². The van der Waals surface area contributed by atoms with Crippen LogP contribution in [0.3, 0.4) is 0 Å². The number of fused-ring (bicyclic) bond motifs is 1. The molecule has 1 aliphatic rings. The number of hydrogen-bond acceptors (Lipinski definition) is 3. The molecule has 26 heavy (non-hydrogen) atoms. The van der Waals surface area contributed by atoms with Crippen molar-refractivity contribution >= 4 is 22.8 Å². The highest BCUT2D eigenvalue weighted by Gasteiger charge is 2.39. The molecule has 6 nitrogen and oxygen atoms in total. The Morgan fingerprint density at radius 1 is 1.42 bits per heavy atom. The molecule has 0 bridgehead atoms. The maximum Gasteiger partial charge on any atom is 0.225 e. The molecule has 1 atom stereocenters. The van der Waals surface area contributed by atoms with Crippen molar-refractivity contribution < 1.29 is 14.0 Å². The zero-order chi connectivity index (χ0) is 18.9. The number of aromatic nitrogens is 2. The molecule has 0 spiro atoms. The van der Waals surface area contributed by atoms with Gasteiger partial charge in [-0.3, -0.25) is 9.59 Å². The van der Waals surface area contributed by atoms with Crippen LogP contribution in [0.5, 0.6) is 0 Å². The number of benzene rings is 1. The quantitative estimate of drug-likeness (QED) is 0.804. The Morgan fingerprint density at radius 2 is 2.19 bits per heavy atom. The Balaban J connectivity index is 1.46. The first-order chi connectivity index (χ1) is 12.2. The molecule has 0 unspecified atom stereocenters. The van der Waals surface area contributed by atoms with E-state index in [-0.39, 0.29) is 35.5 Å². The Morgan fingerprint density at radius 3 is 2.88 bits per heavy atom. The first-order valence-corrected chi connectivity index (χ1v) is 8.96. The van der Waals surface area contributed by atoms with Crippen LogP contribution in [0, 0.1) is 11.7 Å². The lowest BCUT2D eigenvalue weighted by molar-refractivity contribution is -0.132. The van der Waals surface area contributed by atoms with Crippen LogP contribution in [0.25, 0.3) is 11.0 Å². The number of aromatic amines is 1. The Hall–Kier alpha value is -2.44. The highest BCUT2D eigenvalue weighted by Crippen LogP contribution is 2.25. The second-order valence-electron chi connectivity index (χ2n) is 7.82. The van der Waals surface area contributed by atoms with Gasteiger partial charge in [0, 0.05) is 31.5 Å². The van der Waals surface area contributed by atoms with Crippen molar-refractivity contribution in [1.29, 1.82) is 0 Å². The van der Waals surface area contributed by atoms with Gasteiger partial charge in [-0.05, 0) is 45.4 Å². The van der Waals surface area contributed by atoms with Crippen LogP contribution in [0.1, 0.15) is 39.4 Å². The van der Waals surface area contributed by atoms with E-state index in [4.69, 9.17) is 0 Å². The molecule has 0 radical (unpaired) electrons. The van der Waals surface area contributed by atoms with E-state index in [1.165, 1.54) is 12.1 Å². The zero-order valence-corrected chi connectivity index (χ0v) is 15.4. The van der Waals surface area contributed by atoms with Gasteiger partial charge in [-0.1, -0.05) is 0 Å². The second kappa shape index (κ2) is 7.05. The number of nitrogens with zero attached hydrogens (tertiary/aromatic N) is 2. The lowest BCUT2D eigenvalue weighted by Gasteiger charge is -2.31. The van der Waals surface area contributed by atoms with Crippen molar-refractivity contribution in [2.45, 2.75) is 45.6 Å². The molecule has 2 heterocycles. The highest BCUT2D eigenvalue weighted by molar-refractivity contribution is 5.89. The number of H-pyrrole nitrogens is 1. The number of halogens is 1. The molecular weight excluding hydrogens is 335 g/mol. The molecule has 1 aromatic carbocycles. The van der Waals surface area contributed by atoms with Crippen molar-refractivity contribution in [2.75, 3.05) is 13.1 Å². The molecule has 2 N–H and O–H groups in total. The van der Waals surface area contributed by atoms with Gasteiger partial charge in [0.2, 0.25) is 11.8 Å². The van der Waals surface area contributed by atoms with E-state index in [2.05, 4.69) is 15.3 Å². The standard InChI is InChI=1S/C19H25FN4O2/c1-19(2,3)24-11-12(9-17(24)25)18(26)21-8-4-5-16-22-14-7-6-13(20)10-15(14)23-16/h6-7,10,12H,4-5,8-9,11H2,1-3H3,(H,21,26)(H,22,23)/t12-/m0/s1. The zero-order valence-electron chi connectivity index (χ0n) is 15.4. The molecular formula is C19H25FN4O2. The summed E-state index contributed by atoms with van der Waals surface area (Å²) in [5, 5.41) is 2.91. The van der Waals surface area contributed by atoms with E-state index < -0.39 is 0 Å². The monoisotopic (exact) mass is 360 g/mol. The molecule has 1 aromatic heterocycles. The molecule has 3 rings (SSSR count). The number of imidazole rings is 1. The van der Waals surface area contributed by atoms with Crippen LogP contribution in [-0.2, 0) is 16.0 Å². The maximum absolute atomic E-state index is 13.2. The lowest BCUT2D eigenvalue weighted by Crippen LogP contribution is -2.43. The summed E-state index contributed by atoms with van der Waals surface area (Å²) >= 11 is 0. The molecule has 140 valence electrons. The molecule has 1 saturated heterocycles. The smallest absolute Gasteiger partial charge is 0.225 e. The summed E-state index contributed by atoms with van der Waals surface area (Å²) in [6, 6.07) is 4.45. The third-order valence-electron chi connectivity index (χ3n) is 4.69. The fourth-order valence-electron chi connectivity index (χ4n) is 3.30. The minimum Gasteiger partial charge on any atom is -0.356 e. The van der Waals surface area contributed by atoms with Crippen molar-refractivity contribution in [2.24, 2.45) is 5.92 Å². The second-order valence-corrected chi connectivity index (χ2v) is 7.82. The average Bonchev–Trinajstić information content (AvgIpc) is 3.13. The van der Waals surface area contributed by atoms with Crippen LogP contribution in [0.2, 0.25) is 0 Å². The average molecular weight is 360 g/mol. The summed E-state index contributed by atoms with van der Waals surface area (Å²) < 4.78 is 13.2. The molecule has 1 fully saturated rings. The van der Waals surface area contributed by atoms with Gasteiger partial charge in [-0.25, -0.2) is 9.37 Å². The van der Waals surface area contributed by atoms with Crippen LogP contribution in [0.4, 0.5) is 4.39 Å². The Kier molecular flexibility index (Phi) is 4.98. The first-order valence-electron chi connectivity index (χ1n) is 8.96. The van der Waals surface area contributed by atoms with Gasteiger partial charge in [-0.2, -0.15) is 0 Å². The molecule has 0 saturated carbocycles.